The molecule has 64 valence electrons. The van der Waals surface area contributed by atoms with Gasteiger partial charge in [-0.2, -0.15) is 0 Å². The Morgan fingerprint density at radius 2 is 1.82 bits per heavy atom. The lowest BCUT2D eigenvalue weighted by Gasteiger charge is -1.97. The van der Waals surface area contributed by atoms with Gasteiger partial charge in [0.25, 0.3) is 0 Å². The first kappa shape index (κ1) is 10.2. The zero-order valence-corrected chi connectivity index (χ0v) is 6.93. The molecule has 0 amide bonds. The van der Waals surface area contributed by atoms with Gasteiger partial charge in [-0.15, -0.1) is 0 Å². The lowest BCUT2D eigenvalue weighted by atomic mass is 10.1. The second-order valence-corrected chi connectivity index (χ2v) is 2.83. The van der Waals surface area contributed by atoms with Crippen LogP contribution in [0, 0.1) is 13.8 Å². The molecule has 0 saturated heterocycles. The van der Waals surface area contributed by atoms with E-state index in [0.29, 0.717) is 5.92 Å². The standard InChI is InChI=1S/C8H13NO.CH4/c1-5(2)8-6(3)10-7(4)9-8;/h5H,1-4H3;1H4. The SMILES string of the molecule is C.Cc1nc(C(C)C)c(C)o1. The third kappa shape index (κ3) is 2.07. The Morgan fingerprint density at radius 1 is 1.27 bits per heavy atom. The van der Waals surface area contributed by atoms with Crippen molar-refractivity contribution in [2.24, 2.45) is 0 Å². The Bertz CT molecular complexity index is 225. The van der Waals surface area contributed by atoms with Crippen molar-refractivity contribution in [1.82, 2.24) is 4.98 Å². The van der Waals surface area contributed by atoms with Crippen molar-refractivity contribution >= 4 is 0 Å². The van der Waals surface area contributed by atoms with Gasteiger partial charge in [-0.3, -0.25) is 0 Å². The maximum absolute atomic E-state index is 5.26. The maximum Gasteiger partial charge on any atom is 0.191 e. The van der Waals surface area contributed by atoms with Gasteiger partial charge in [0.15, 0.2) is 5.89 Å². The molecule has 0 unspecified atom stereocenters. The van der Waals surface area contributed by atoms with Crippen LogP contribution in [0.25, 0.3) is 0 Å². The second kappa shape index (κ2) is 3.56. The summed E-state index contributed by atoms with van der Waals surface area (Å²) in [7, 11) is 0. The Morgan fingerprint density at radius 3 is 2.00 bits per heavy atom. The summed E-state index contributed by atoms with van der Waals surface area (Å²) in [6.07, 6.45) is 0. The van der Waals surface area contributed by atoms with E-state index in [1.807, 2.05) is 13.8 Å². The molecule has 1 heterocycles. The van der Waals surface area contributed by atoms with Gasteiger partial charge in [-0.25, -0.2) is 4.98 Å². The molecule has 0 aromatic carbocycles. The summed E-state index contributed by atoms with van der Waals surface area (Å²) in [5.74, 6) is 2.19. The molecule has 11 heavy (non-hydrogen) atoms. The molecule has 2 nitrogen and oxygen atoms in total. The van der Waals surface area contributed by atoms with E-state index in [1.165, 1.54) is 0 Å². The predicted molar refractivity (Wildman–Crippen MR) is 46.8 cm³/mol. The van der Waals surface area contributed by atoms with Crippen LogP contribution in [0.4, 0.5) is 0 Å². The van der Waals surface area contributed by atoms with Crippen molar-refractivity contribution in [2.75, 3.05) is 0 Å². The fourth-order valence-corrected chi connectivity index (χ4v) is 1.08. The largest absolute Gasteiger partial charge is 0.446 e. The highest BCUT2D eigenvalue weighted by Gasteiger charge is 2.08. The number of aromatic nitrogens is 1. The number of nitrogens with zero attached hydrogens (tertiary/aromatic N) is 1. The molecular formula is C9H17NO. The molecule has 0 saturated carbocycles. The molecule has 1 aromatic rings. The Labute approximate surface area is 68.6 Å². The quantitative estimate of drug-likeness (QED) is 0.623. The van der Waals surface area contributed by atoms with Crippen LogP contribution in [0.1, 0.15) is 44.5 Å². The molecule has 0 aliphatic rings. The number of oxazole rings is 1. The van der Waals surface area contributed by atoms with E-state index in [9.17, 15) is 0 Å². The summed E-state index contributed by atoms with van der Waals surface area (Å²) in [5, 5.41) is 0. The average molecular weight is 155 g/mol. The third-order valence-electron chi connectivity index (χ3n) is 1.49. The van der Waals surface area contributed by atoms with Crippen molar-refractivity contribution in [3.8, 4) is 0 Å². The first-order valence-corrected chi connectivity index (χ1v) is 3.55. The zero-order chi connectivity index (χ0) is 7.72. The number of aryl methyl sites for hydroxylation is 2. The van der Waals surface area contributed by atoms with Crippen molar-refractivity contribution in [2.45, 2.75) is 41.0 Å². The van der Waals surface area contributed by atoms with Crippen molar-refractivity contribution < 1.29 is 4.42 Å². The van der Waals surface area contributed by atoms with Crippen LogP contribution < -0.4 is 0 Å². The normalized spacial score (nSPS) is 9.91. The summed E-state index contributed by atoms with van der Waals surface area (Å²) in [6, 6.07) is 0. The molecule has 2 heteroatoms. The van der Waals surface area contributed by atoms with Crippen molar-refractivity contribution in [1.29, 1.82) is 0 Å². The highest BCUT2D eigenvalue weighted by Crippen LogP contribution is 2.17. The molecule has 0 aliphatic carbocycles. The summed E-state index contributed by atoms with van der Waals surface area (Å²) < 4.78 is 5.26. The Kier molecular flexibility index (Phi) is 3.30. The minimum absolute atomic E-state index is 0. The fraction of sp³-hybridized carbons (Fsp3) is 0.667. The van der Waals surface area contributed by atoms with Crippen LogP contribution in [0.2, 0.25) is 0 Å². The minimum Gasteiger partial charge on any atom is -0.446 e. The van der Waals surface area contributed by atoms with Crippen molar-refractivity contribution in [3.63, 3.8) is 0 Å². The molecule has 0 atom stereocenters. The van der Waals surface area contributed by atoms with Crippen LogP contribution in [0.15, 0.2) is 4.42 Å². The first-order chi connectivity index (χ1) is 4.61. The van der Waals surface area contributed by atoms with Gasteiger partial charge >= 0.3 is 0 Å². The number of rotatable bonds is 1. The molecule has 0 aliphatic heterocycles. The van der Waals surface area contributed by atoms with Crippen LogP contribution in [-0.4, -0.2) is 4.98 Å². The summed E-state index contributed by atoms with van der Waals surface area (Å²) in [4.78, 5) is 4.24. The topological polar surface area (TPSA) is 26.0 Å². The second-order valence-electron chi connectivity index (χ2n) is 2.83. The van der Waals surface area contributed by atoms with E-state index in [2.05, 4.69) is 18.8 Å². The molecule has 0 bridgehead atoms. The number of hydrogen-bond acceptors (Lipinski definition) is 2. The fourth-order valence-electron chi connectivity index (χ4n) is 1.08. The van der Waals surface area contributed by atoms with Gasteiger partial charge in [-0.1, -0.05) is 21.3 Å². The van der Waals surface area contributed by atoms with Gasteiger partial charge < -0.3 is 4.42 Å². The van der Waals surface area contributed by atoms with Gasteiger partial charge in [0.05, 0.1) is 5.69 Å². The highest BCUT2D eigenvalue weighted by atomic mass is 16.4. The molecule has 0 radical (unpaired) electrons. The summed E-state index contributed by atoms with van der Waals surface area (Å²) >= 11 is 0. The molecule has 0 fully saturated rings. The van der Waals surface area contributed by atoms with E-state index in [0.717, 1.165) is 17.3 Å². The van der Waals surface area contributed by atoms with Gasteiger partial charge in [0, 0.05) is 6.92 Å². The molecule has 1 rings (SSSR count). The number of hydrogen-bond donors (Lipinski definition) is 0. The van der Waals surface area contributed by atoms with Crippen LogP contribution >= 0.6 is 0 Å². The Hall–Kier alpha value is -0.790. The lowest BCUT2D eigenvalue weighted by Crippen LogP contribution is -1.89. The van der Waals surface area contributed by atoms with E-state index in [1.54, 1.807) is 0 Å². The highest BCUT2D eigenvalue weighted by molar-refractivity contribution is 5.11. The van der Waals surface area contributed by atoms with E-state index < -0.39 is 0 Å². The third-order valence-corrected chi connectivity index (χ3v) is 1.49. The van der Waals surface area contributed by atoms with Crippen LogP contribution in [0.3, 0.4) is 0 Å². The van der Waals surface area contributed by atoms with E-state index in [-0.39, 0.29) is 7.43 Å². The molecule has 0 N–H and O–H groups in total. The smallest absolute Gasteiger partial charge is 0.191 e. The van der Waals surface area contributed by atoms with E-state index >= 15 is 0 Å². The Balaban J connectivity index is 0.000001000. The minimum atomic E-state index is 0. The molecule has 1 aromatic heterocycles. The first-order valence-electron chi connectivity index (χ1n) is 3.55. The lowest BCUT2D eigenvalue weighted by molar-refractivity contribution is 0.492. The molecule has 0 spiro atoms. The van der Waals surface area contributed by atoms with Gasteiger partial charge in [-0.05, 0) is 12.8 Å². The van der Waals surface area contributed by atoms with Gasteiger partial charge in [0.2, 0.25) is 0 Å². The van der Waals surface area contributed by atoms with Crippen molar-refractivity contribution in [3.05, 3.63) is 17.3 Å². The van der Waals surface area contributed by atoms with Crippen LogP contribution in [0.5, 0.6) is 0 Å². The predicted octanol–water partition coefficient (Wildman–Crippen LogP) is 3.05. The van der Waals surface area contributed by atoms with E-state index in [4.69, 9.17) is 4.42 Å². The monoisotopic (exact) mass is 155 g/mol. The van der Waals surface area contributed by atoms with Crippen LogP contribution in [-0.2, 0) is 0 Å². The summed E-state index contributed by atoms with van der Waals surface area (Å²) in [6.45, 7) is 8.06. The zero-order valence-electron chi connectivity index (χ0n) is 6.93. The average Bonchev–Trinajstić information content (AvgIpc) is 2.10. The molecular weight excluding hydrogens is 138 g/mol. The summed E-state index contributed by atoms with van der Waals surface area (Å²) in [5.41, 5.74) is 1.08. The maximum atomic E-state index is 5.26. The van der Waals surface area contributed by atoms with Gasteiger partial charge in [0.1, 0.15) is 5.76 Å².